The maximum absolute atomic E-state index is 11.9. The van der Waals surface area contributed by atoms with Gasteiger partial charge in [-0.05, 0) is 12.1 Å². The van der Waals surface area contributed by atoms with E-state index in [9.17, 15) is 9.59 Å². The zero-order valence-electron chi connectivity index (χ0n) is 9.46. The fourth-order valence-electron chi connectivity index (χ4n) is 1.68. The van der Waals surface area contributed by atoms with E-state index in [0.717, 1.165) is 4.90 Å². The van der Waals surface area contributed by atoms with Crippen molar-refractivity contribution in [2.45, 2.75) is 17.7 Å². The fraction of sp³-hybridized carbons (Fsp3) is 0.417. The first kappa shape index (κ1) is 12.1. The van der Waals surface area contributed by atoms with Gasteiger partial charge in [0.2, 0.25) is 5.91 Å². The van der Waals surface area contributed by atoms with Crippen molar-refractivity contribution >= 4 is 23.5 Å². The normalized spacial score (nSPS) is 16.0. The van der Waals surface area contributed by atoms with Gasteiger partial charge >= 0.3 is 0 Å². The largest absolute Gasteiger partial charge is 0.341 e. The van der Waals surface area contributed by atoms with E-state index in [0.29, 0.717) is 31.7 Å². The molecule has 0 aromatic carbocycles. The number of rotatable bonds is 3. The highest BCUT2D eigenvalue weighted by atomic mass is 32.2. The van der Waals surface area contributed by atoms with Gasteiger partial charge in [-0.2, -0.15) is 0 Å². The van der Waals surface area contributed by atoms with E-state index in [4.69, 9.17) is 0 Å². The van der Waals surface area contributed by atoms with Crippen LogP contribution in [0.2, 0.25) is 0 Å². The molecule has 1 aromatic rings. The second-order valence-corrected chi connectivity index (χ2v) is 4.94. The fourth-order valence-corrected chi connectivity index (χ4v) is 2.46. The molecule has 0 N–H and O–H groups in total. The zero-order valence-corrected chi connectivity index (χ0v) is 10.3. The van der Waals surface area contributed by atoms with Gasteiger partial charge in [0.25, 0.3) is 0 Å². The van der Waals surface area contributed by atoms with Crippen LogP contribution < -0.4 is 0 Å². The van der Waals surface area contributed by atoms with Crippen molar-refractivity contribution in [2.75, 3.05) is 18.8 Å². The number of hydrogen-bond donors (Lipinski definition) is 0. The summed E-state index contributed by atoms with van der Waals surface area (Å²) in [6.45, 7) is 1.16. The number of thioether (sulfide) groups is 1. The van der Waals surface area contributed by atoms with Gasteiger partial charge in [0.15, 0.2) is 0 Å². The highest BCUT2D eigenvalue weighted by molar-refractivity contribution is 8.00. The highest BCUT2D eigenvalue weighted by Gasteiger charge is 2.20. The summed E-state index contributed by atoms with van der Waals surface area (Å²) in [5.74, 6) is 0.799. The Labute approximate surface area is 104 Å². The van der Waals surface area contributed by atoms with Crippen LogP contribution >= 0.6 is 11.8 Å². The van der Waals surface area contributed by atoms with Gasteiger partial charge < -0.3 is 4.90 Å². The summed E-state index contributed by atoms with van der Waals surface area (Å²) in [7, 11) is 0. The number of hydrogen-bond acceptors (Lipinski definition) is 4. The van der Waals surface area contributed by atoms with E-state index < -0.39 is 0 Å². The summed E-state index contributed by atoms with van der Waals surface area (Å²) >= 11 is 1.51. The first-order valence-electron chi connectivity index (χ1n) is 5.58. The predicted octanol–water partition coefficient (Wildman–Crippen LogP) is 1.37. The smallest absolute Gasteiger partial charge is 0.232 e. The maximum atomic E-state index is 11.9. The molecule has 1 amide bonds. The second-order valence-electron chi connectivity index (χ2n) is 3.89. The molecule has 2 heterocycles. The molecular formula is C12H14N2O2S. The first-order valence-corrected chi connectivity index (χ1v) is 6.56. The molecule has 5 heteroatoms. The quantitative estimate of drug-likeness (QED) is 0.760. The molecule has 0 unspecified atom stereocenters. The number of carbonyl (C=O) groups excluding carboxylic acids is 2. The molecule has 2 rings (SSSR count). The number of nitrogens with zero attached hydrogens (tertiary/aromatic N) is 2. The van der Waals surface area contributed by atoms with Crippen LogP contribution in [0.1, 0.15) is 12.8 Å². The van der Waals surface area contributed by atoms with Gasteiger partial charge in [0.1, 0.15) is 5.78 Å². The zero-order chi connectivity index (χ0) is 12.1. The van der Waals surface area contributed by atoms with E-state index in [-0.39, 0.29) is 11.7 Å². The van der Waals surface area contributed by atoms with Gasteiger partial charge in [0.05, 0.1) is 5.75 Å². The maximum Gasteiger partial charge on any atom is 0.232 e. The molecule has 1 aliphatic heterocycles. The number of ketones is 1. The molecule has 1 saturated heterocycles. The van der Waals surface area contributed by atoms with Crippen molar-refractivity contribution in [1.82, 2.24) is 9.88 Å². The minimum absolute atomic E-state index is 0.110. The van der Waals surface area contributed by atoms with Gasteiger partial charge in [0, 0.05) is 43.2 Å². The van der Waals surface area contributed by atoms with E-state index >= 15 is 0 Å². The lowest BCUT2D eigenvalue weighted by atomic mass is 10.1. The number of piperidine rings is 1. The molecule has 0 spiro atoms. The predicted molar refractivity (Wildman–Crippen MR) is 65.8 cm³/mol. The Bertz CT molecular complexity index is 398. The topological polar surface area (TPSA) is 50.3 Å². The van der Waals surface area contributed by atoms with Gasteiger partial charge in [-0.25, -0.2) is 0 Å². The van der Waals surface area contributed by atoms with Crippen LogP contribution in [0.5, 0.6) is 0 Å². The molecule has 0 bridgehead atoms. The lowest BCUT2D eigenvalue weighted by Crippen LogP contribution is -2.39. The molecule has 17 heavy (non-hydrogen) atoms. The van der Waals surface area contributed by atoms with Gasteiger partial charge in [-0.15, -0.1) is 11.8 Å². The minimum atomic E-state index is 0.110. The Morgan fingerprint density at radius 3 is 2.59 bits per heavy atom. The van der Waals surface area contributed by atoms with Crippen LogP contribution in [-0.2, 0) is 9.59 Å². The standard InChI is InChI=1S/C12H14N2O2S/c15-10-3-7-14(8-4-10)12(16)9-17-11-1-5-13-6-2-11/h1-2,5-6H,3-4,7-9H2. The molecular weight excluding hydrogens is 236 g/mol. The summed E-state index contributed by atoms with van der Waals surface area (Å²) in [6, 6.07) is 3.77. The van der Waals surface area contributed by atoms with Gasteiger partial charge in [-0.1, -0.05) is 0 Å². The number of pyridine rings is 1. The highest BCUT2D eigenvalue weighted by Crippen LogP contribution is 2.17. The monoisotopic (exact) mass is 250 g/mol. The Morgan fingerprint density at radius 1 is 1.29 bits per heavy atom. The van der Waals surface area contributed by atoms with E-state index in [2.05, 4.69) is 4.98 Å². The van der Waals surface area contributed by atoms with Crippen molar-refractivity contribution in [3.63, 3.8) is 0 Å². The summed E-state index contributed by atoms with van der Waals surface area (Å²) in [5.41, 5.74) is 0. The summed E-state index contributed by atoms with van der Waals surface area (Å²) < 4.78 is 0. The Kier molecular flexibility index (Phi) is 4.14. The Hall–Kier alpha value is -1.36. The Morgan fingerprint density at radius 2 is 1.94 bits per heavy atom. The minimum Gasteiger partial charge on any atom is -0.341 e. The first-order chi connectivity index (χ1) is 8.25. The van der Waals surface area contributed by atoms with Crippen molar-refractivity contribution in [3.8, 4) is 0 Å². The average molecular weight is 250 g/mol. The van der Waals surface area contributed by atoms with E-state index in [1.54, 1.807) is 17.3 Å². The van der Waals surface area contributed by atoms with E-state index in [1.165, 1.54) is 11.8 Å². The van der Waals surface area contributed by atoms with Crippen LogP contribution in [0.15, 0.2) is 29.4 Å². The summed E-state index contributed by atoms with van der Waals surface area (Å²) in [5, 5.41) is 0. The van der Waals surface area contributed by atoms with Crippen molar-refractivity contribution in [3.05, 3.63) is 24.5 Å². The molecule has 1 aliphatic rings. The molecule has 4 nitrogen and oxygen atoms in total. The average Bonchev–Trinajstić information content (AvgIpc) is 2.38. The van der Waals surface area contributed by atoms with Crippen LogP contribution in [0.25, 0.3) is 0 Å². The summed E-state index contributed by atoms with van der Waals surface area (Å²) in [6.07, 6.45) is 4.44. The molecule has 0 radical (unpaired) electrons. The van der Waals surface area contributed by atoms with Gasteiger partial charge in [-0.3, -0.25) is 14.6 Å². The van der Waals surface area contributed by atoms with E-state index in [1.807, 2.05) is 12.1 Å². The number of amides is 1. The molecule has 90 valence electrons. The third-order valence-corrected chi connectivity index (χ3v) is 3.68. The third kappa shape index (κ3) is 3.56. The molecule has 1 aromatic heterocycles. The van der Waals surface area contributed by atoms with Crippen LogP contribution in [0.3, 0.4) is 0 Å². The molecule has 0 atom stereocenters. The van der Waals surface area contributed by atoms with Crippen LogP contribution in [-0.4, -0.2) is 40.4 Å². The number of aromatic nitrogens is 1. The second kappa shape index (κ2) is 5.82. The van der Waals surface area contributed by atoms with Crippen molar-refractivity contribution in [1.29, 1.82) is 0 Å². The third-order valence-electron chi connectivity index (χ3n) is 2.69. The molecule has 0 aliphatic carbocycles. The van der Waals surface area contributed by atoms with Crippen LogP contribution in [0.4, 0.5) is 0 Å². The molecule has 0 saturated carbocycles. The van der Waals surface area contributed by atoms with Crippen molar-refractivity contribution in [2.24, 2.45) is 0 Å². The number of carbonyl (C=O) groups is 2. The molecule has 1 fully saturated rings. The number of Topliss-reactive ketones (excluding diaryl/α,β-unsaturated/α-hetero) is 1. The lowest BCUT2D eigenvalue weighted by Gasteiger charge is -2.25. The van der Waals surface area contributed by atoms with Crippen LogP contribution in [0, 0.1) is 0 Å². The number of likely N-dealkylation sites (tertiary alicyclic amines) is 1. The summed E-state index contributed by atoms with van der Waals surface area (Å²) in [4.78, 5) is 29.7. The SMILES string of the molecule is O=C1CCN(C(=O)CSc2ccncc2)CC1. The lowest BCUT2D eigenvalue weighted by molar-refractivity contribution is -0.132. The Balaban J connectivity index is 1.80. The van der Waals surface area contributed by atoms with Crippen molar-refractivity contribution < 1.29 is 9.59 Å².